The third-order valence-corrected chi connectivity index (χ3v) is 4.52. The Kier molecular flexibility index (Phi) is 5.53. The highest BCUT2D eigenvalue weighted by molar-refractivity contribution is 7.92. The number of hydrogen-bond acceptors (Lipinski definition) is 4. The number of hydrogen-bond donors (Lipinski definition) is 1. The average Bonchev–Trinajstić information content (AvgIpc) is 2.54. The van der Waals surface area contributed by atoms with E-state index in [0.29, 0.717) is 11.3 Å². The Morgan fingerprint density at radius 2 is 1.60 bits per heavy atom. The van der Waals surface area contributed by atoms with Crippen molar-refractivity contribution < 1.29 is 22.4 Å². The van der Waals surface area contributed by atoms with E-state index >= 15 is 0 Å². The van der Waals surface area contributed by atoms with Crippen molar-refractivity contribution in [2.45, 2.75) is 6.92 Å². The monoisotopic (exact) mass is 364 g/mol. The second-order valence-electron chi connectivity index (χ2n) is 5.43. The molecule has 0 spiro atoms. The van der Waals surface area contributed by atoms with Gasteiger partial charge < -0.3 is 5.32 Å². The lowest BCUT2D eigenvalue weighted by molar-refractivity contribution is -0.114. The van der Waals surface area contributed by atoms with E-state index in [1.54, 1.807) is 0 Å². The minimum absolute atomic E-state index is 0.147. The highest BCUT2D eigenvalue weighted by atomic mass is 32.2. The fraction of sp³-hybridized carbons (Fsp3) is 0.176. The van der Waals surface area contributed by atoms with E-state index in [1.165, 1.54) is 55.5 Å². The van der Waals surface area contributed by atoms with Crippen LogP contribution in [-0.2, 0) is 14.8 Å². The Hall–Kier alpha value is -2.74. The molecule has 1 amide bonds. The number of benzene rings is 2. The van der Waals surface area contributed by atoms with Gasteiger partial charge in [0.1, 0.15) is 12.4 Å². The summed E-state index contributed by atoms with van der Waals surface area (Å²) in [5.41, 5.74) is 1.06. The zero-order valence-electron chi connectivity index (χ0n) is 13.7. The predicted octanol–water partition coefficient (Wildman–Crippen LogP) is 2.43. The summed E-state index contributed by atoms with van der Waals surface area (Å²) in [5, 5.41) is 2.51. The van der Waals surface area contributed by atoms with Gasteiger partial charge in [0.2, 0.25) is 15.9 Å². The summed E-state index contributed by atoms with van der Waals surface area (Å²) in [5.74, 6) is -1.17. The number of ketones is 1. The molecule has 0 fully saturated rings. The van der Waals surface area contributed by atoms with E-state index in [1.807, 2.05) is 0 Å². The van der Waals surface area contributed by atoms with Gasteiger partial charge in [-0.1, -0.05) is 0 Å². The molecule has 0 aliphatic carbocycles. The molecule has 8 heteroatoms. The fourth-order valence-corrected chi connectivity index (χ4v) is 2.98. The quantitative estimate of drug-likeness (QED) is 0.798. The largest absolute Gasteiger partial charge is 0.325 e. The number of rotatable bonds is 6. The van der Waals surface area contributed by atoms with Crippen molar-refractivity contribution in [3.8, 4) is 0 Å². The van der Waals surface area contributed by atoms with Gasteiger partial charge in [0.15, 0.2) is 5.78 Å². The number of carbonyl (C=O) groups excluding carboxylic acids is 2. The van der Waals surface area contributed by atoms with Crippen LogP contribution in [0.4, 0.5) is 15.8 Å². The van der Waals surface area contributed by atoms with E-state index in [-0.39, 0.29) is 11.5 Å². The standard InChI is InChI=1S/C17H17FN2O4S/c1-12(21)13-3-9-16(10-4-13)20(25(2,23)24)11-17(22)19-15-7-5-14(18)6-8-15/h3-10H,11H2,1-2H3,(H,19,22). The summed E-state index contributed by atoms with van der Waals surface area (Å²) >= 11 is 0. The van der Waals surface area contributed by atoms with Crippen molar-refractivity contribution in [3.05, 3.63) is 59.9 Å². The molecule has 0 radical (unpaired) electrons. The van der Waals surface area contributed by atoms with Crippen LogP contribution in [0.15, 0.2) is 48.5 Å². The highest BCUT2D eigenvalue weighted by Crippen LogP contribution is 2.19. The Bertz CT molecular complexity index is 878. The number of amides is 1. The van der Waals surface area contributed by atoms with Crippen LogP contribution in [0.5, 0.6) is 0 Å². The Morgan fingerprint density at radius 3 is 2.08 bits per heavy atom. The summed E-state index contributed by atoms with van der Waals surface area (Å²) in [7, 11) is -3.72. The second-order valence-corrected chi connectivity index (χ2v) is 7.33. The first-order valence-electron chi connectivity index (χ1n) is 7.31. The van der Waals surface area contributed by atoms with Crippen LogP contribution in [0.2, 0.25) is 0 Å². The molecule has 0 heterocycles. The fourth-order valence-electron chi connectivity index (χ4n) is 2.13. The molecule has 2 aromatic carbocycles. The molecule has 0 aromatic heterocycles. The first-order valence-corrected chi connectivity index (χ1v) is 9.16. The van der Waals surface area contributed by atoms with Gasteiger partial charge in [-0.25, -0.2) is 12.8 Å². The van der Waals surface area contributed by atoms with Gasteiger partial charge in [-0.15, -0.1) is 0 Å². The van der Waals surface area contributed by atoms with Crippen LogP contribution in [0, 0.1) is 5.82 Å². The van der Waals surface area contributed by atoms with Crippen molar-refractivity contribution in [2.75, 3.05) is 22.4 Å². The van der Waals surface area contributed by atoms with Crippen LogP contribution >= 0.6 is 0 Å². The summed E-state index contributed by atoms with van der Waals surface area (Å²) < 4.78 is 37.8. The van der Waals surface area contributed by atoms with Crippen LogP contribution in [0.3, 0.4) is 0 Å². The summed E-state index contributed by atoms with van der Waals surface area (Å²) in [6.45, 7) is 0.953. The van der Waals surface area contributed by atoms with Crippen LogP contribution in [0.1, 0.15) is 17.3 Å². The molecule has 25 heavy (non-hydrogen) atoms. The maximum absolute atomic E-state index is 12.9. The molecule has 2 aromatic rings. The number of halogens is 1. The molecule has 2 rings (SSSR count). The number of sulfonamides is 1. The molecule has 0 aliphatic rings. The molecule has 0 bridgehead atoms. The van der Waals surface area contributed by atoms with Crippen LogP contribution < -0.4 is 9.62 Å². The lowest BCUT2D eigenvalue weighted by Crippen LogP contribution is -2.37. The van der Waals surface area contributed by atoms with Crippen molar-refractivity contribution in [3.63, 3.8) is 0 Å². The maximum Gasteiger partial charge on any atom is 0.245 e. The second kappa shape index (κ2) is 7.43. The first-order chi connectivity index (χ1) is 11.7. The van der Waals surface area contributed by atoms with Gasteiger partial charge in [0, 0.05) is 11.3 Å². The molecule has 6 nitrogen and oxygen atoms in total. The van der Waals surface area contributed by atoms with Crippen LogP contribution in [-0.4, -0.2) is 32.9 Å². The normalized spacial score (nSPS) is 11.0. The lowest BCUT2D eigenvalue weighted by atomic mass is 10.1. The number of nitrogens with zero attached hydrogens (tertiary/aromatic N) is 1. The Morgan fingerprint density at radius 1 is 1.04 bits per heavy atom. The third kappa shape index (κ3) is 5.12. The summed E-state index contributed by atoms with van der Waals surface area (Å²) in [4.78, 5) is 23.4. The van der Waals surface area contributed by atoms with Crippen LogP contribution in [0.25, 0.3) is 0 Å². The van der Waals surface area contributed by atoms with E-state index < -0.39 is 28.3 Å². The van der Waals surface area contributed by atoms with Crippen molar-refractivity contribution >= 4 is 33.1 Å². The summed E-state index contributed by atoms with van der Waals surface area (Å²) in [6, 6.07) is 11.0. The van der Waals surface area contributed by atoms with Crippen molar-refractivity contribution in [1.82, 2.24) is 0 Å². The zero-order chi connectivity index (χ0) is 18.6. The number of anilines is 2. The van der Waals surface area contributed by atoms with Gasteiger partial charge in [-0.2, -0.15) is 0 Å². The number of Topliss-reactive ketones (excluding diaryl/α,β-unsaturated/α-hetero) is 1. The first kappa shape index (κ1) is 18.6. The van der Waals surface area contributed by atoms with Gasteiger partial charge in [-0.05, 0) is 55.5 Å². The molecular weight excluding hydrogens is 347 g/mol. The van der Waals surface area contributed by atoms with E-state index in [4.69, 9.17) is 0 Å². The van der Waals surface area contributed by atoms with E-state index in [2.05, 4.69) is 5.32 Å². The maximum atomic E-state index is 12.9. The Balaban J connectivity index is 2.19. The number of nitrogens with one attached hydrogen (secondary N) is 1. The smallest absolute Gasteiger partial charge is 0.245 e. The topological polar surface area (TPSA) is 83.6 Å². The van der Waals surface area contributed by atoms with Crippen molar-refractivity contribution in [2.24, 2.45) is 0 Å². The van der Waals surface area contributed by atoms with Gasteiger partial charge in [-0.3, -0.25) is 13.9 Å². The molecule has 1 N–H and O–H groups in total. The average molecular weight is 364 g/mol. The third-order valence-electron chi connectivity index (χ3n) is 3.38. The number of carbonyl (C=O) groups is 2. The molecule has 0 unspecified atom stereocenters. The zero-order valence-corrected chi connectivity index (χ0v) is 14.5. The molecule has 0 saturated heterocycles. The van der Waals surface area contributed by atoms with Gasteiger partial charge >= 0.3 is 0 Å². The minimum atomic E-state index is -3.72. The molecule has 132 valence electrons. The SMILES string of the molecule is CC(=O)c1ccc(N(CC(=O)Nc2ccc(F)cc2)S(C)(=O)=O)cc1. The van der Waals surface area contributed by atoms with Gasteiger partial charge in [0.05, 0.1) is 11.9 Å². The Labute approximate surface area is 145 Å². The molecular formula is C17H17FN2O4S. The highest BCUT2D eigenvalue weighted by Gasteiger charge is 2.21. The molecule has 0 atom stereocenters. The van der Waals surface area contributed by atoms with Gasteiger partial charge in [0.25, 0.3) is 0 Å². The lowest BCUT2D eigenvalue weighted by Gasteiger charge is -2.22. The van der Waals surface area contributed by atoms with Crippen molar-refractivity contribution in [1.29, 1.82) is 0 Å². The molecule has 0 saturated carbocycles. The minimum Gasteiger partial charge on any atom is -0.325 e. The van der Waals surface area contributed by atoms with E-state index in [0.717, 1.165) is 10.6 Å². The summed E-state index contributed by atoms with van der Waals surface area (Å²) in [6.07, 6.45) is 0.983. The predicted molar refractivity (Wildman–Crippen MR) is 93.7 cm³/mol. The van der Waals surface area contributed by atoms with E-state index in [9.17, 15) is 22.4 Å². The molecule has 0 aliphatic heterocycles.